The van der Waals surface area contributed by atoms with Gasteiger partial charge in [0.25, 0.3) is 0 Å². The van der Waals surface area contributed by atoms with Crippen LogP contribution in [-0.2, 0) is 9.59 Å². The zero-order valence-corrected chi connectivity index (χ0v) is 30.4. The summed E-state index contributed by atoms with van der Waals surface area (Å²) in [5.41, 5.74) is 0. The molecular formula is C41H76O5. The van der Waals surface area contributed by atoms with Gasteiger partial charge < -0.3 is 15.3 Å². The van der Waals surface area contributed by atoms with Gasteiger partial charge in [-0.1, -0.05) is 173 Å². The molecule has 5 heteroatoms. The minimum absolute atomic E-state index is 0.0550. The molecular weight excluding hydrogens is 572 g/mol. The van der Waals surface area contributed by atoms with Crippen molar-refractivity contribution < 1.29 is 24.9 Å². The lowest BCUT2D eigenvalue weighted by Gasteiger charge is -2.22. The van der Waals surface area contributed by atoms with E-state index in [2.05, 4.69) is 38.2 Å². The molecule has 270 valence electrons. The second kappa shape index (κ2) is 35.0. The summed E-state index contributed by atoms with van der Waals surface area (Å²) >= 11 is 0. The van der Waals surface area contributed by atoms with Crippen LogP contribution in [0.5, 0.6) is 0 Å². The average Bonchev–Trinajstić information content (AvgIpc) is 3.06. The van der Waals surface area contributed by atoms with E-state index in [1.165, 1.54) is 122 Å². The van der Waals surface area contributed by atoms with Gasteiger partial charge >= 0.3 is 0 Å². The fourth-order valence-corrected chi connectivity index (χ4v) is 6.22. The summed E-state index contributed by atoms with van der Waals surface area (Å²) in [4.78, 5) is 24.6. The van der Waals surface area contributed by atoms with Gasteiger partial charge in [-0.05, 0) is 50.9 Å². The Kier molecular flexibility index (Phi) is 34.0. The highest BCUT2D eigenvalue weighted by atomic mass is 16.3. The van der Waals surface area contributed by atoms with Crippen LogP contribution in [0.15, 0.2) is 24.3 Å². The van der Waals surface area contributed by atoms with Gasteiger partial charge in [-0.15, -0.1) is 0 Å². The summed E-state index contributed by atoms with van der Waals surface area (Å²) in [6, 6.07) is 0. The van der Waals surface area contributed by atoms with E-state index in [9.17, 15) is 19.8 Å². The summed E-state index contributed by atoms with van der Waals surface area (Å²) < 4.78 is 0. The van der Waals surface area contributed by atoms with Crippen molar-refractivity contribution in [3.8, 4) is 0 Å². The molecule has 0 rings (SSSR count). The number of hydrogen-bond donors (Lipinski definition) is 3. The third kappa shape index (κ3) is 28.9. The van der Waals surface area contributed by atoms with Crippen LogP contribution >= 0.6 is 0 Å². The predicted molar refractivity (Wildman–Crippen MR) is 196 cm³/mol. The van der Waals surface area contributed by atoms with Crippen LogP contribution in [0.3, 0.4) is 0 Å². The second-order valence-corrected chi connectivity index (χ2v) is 13.8. The molecule has 0 aliphatic rings. The summed E-state index contributed by atoms with van der Waals surface area (Å²) in [5, 5.41) is 29.6. The van der Waals surface area contributed by atoms with Gasteiger partial charge in [-0.3, -0.25) is 9.59 Å². The van der Waals surface area contributed by atoms with E-state index in [-0.39, 0.29) is 12.3 Å². The SMILES string of the molecule is CCCCCC=CCC=CCCCCCC(CC(=O)C(=O)C(O)CO)C(O)CCCCCCCCCCCCCCCCCCC. The molecule has 0 bridgehead atoms. The molecule has 0 aromatic carbocycles. The maximum atomic E-state index is 12.5. The Morgan fingerprint density at radius 3 is 1.39 bits per heavy atom. The number of aliphatic hydroxyl groups is 3. The number of allylic oxidation sites excluding steroid dienone is 4. The van der Waals surface area contributed by atoms with Crippen molar-refractivity contribution in [2.45, 2.75) is 212 Å². The van der Waals surface area contributed by atoms with Crippen LogP contribution in [0.25, 0.3) is 0 Å². The van der Waals surface area contributed by atoms with Crippen LogP contribution in [-0.4, -0.2) is 45.7 Å². The minimum Gasteiger partial charge on any atom is -0.393 e. The zero-order valence-electron chi connectivity index (χ0n) is 30.4. The maximum absolute atomic E-state index is 12.5. The van der Waals surface area contributed by atoms with E-state index in [4.69, 9.17) is 5.11 Å². The molecule has 0 heterocycles. The fourth-order valence-electron chi connectivity index (χ4n) is 6.22. The third-order valence-corrected chi connectivity index (χ3v) is 9.37. The van der Waals surface area contributed by atoms with E-state index in [0.717, 1.165) is 44.9 Å². The molecule has 0 saturated carbocycles. The topological polar surface area (TPSA) is 94.8 Å². The Labute approximate surface area is 285 Å². The van der Waals surface area contributed by atoms with E-state index in [1.807, 2.05) is 0 Å². The Morgan fingerprint density at radius 1 is 0.522 bits per heavy atom. The number of carbonyl (C=O) groups excluding carboxylic acids is 2. The number of carbonyl (C=O) groups is 2. The standard InChI is InChI=1S/C41H76O5/c1-3-5-7-9-11-13-15-17-18-19-20-22-24-26-28-30-32-34-38(43)37(35-39(44)41(46)40(45)36-42)33-31-29-27-25-23-21-16-14-12-10-8-6-4-2/h12,14,21,23,37-38,40,42-43,45H,3-11,13,15-20,22,24-36H2,1-2H3. The van der Waals surface area contributed by atoms with Crippen molar-refractivity contribution in [3.05, 3.63) is 24.3 Å². The maximum Gasteiger partial charge on any atom is 0.229 e. The highest BCUT2D eigenvalue weighted by molar-refractivity contribution is 6.38. The summed E-state index contributed by atoms with van der Waals surface area (Å²) in [7, 11) is 0. The average molecular weight is 649 g/mol. The van der Waals surface area contributed by atoms with Gasteiger partial charge in [-0.2, -0.15) is 0 Å². The predicted octanol–water partition coefficient (Wildman–Crippen LogP) is 10.9. The summed E-state index contributed by atoms with van der Waals surface area (Å²) in [6.07, 6.45) is 40.3. The lowest BCUT2D eigenvalue weighted by atomic mass is 9.86. The van der Waals surface area contributed by atoms with Crippen molar-refractivity contribution in [2.75, 3.05) is 6.61 Å². The van der Waals surface area contributed by atoms with E-state index < -0.39 is 30.4 Å². The molecule has 3 N–H and O–H groups in total. The fraction of sp³-hybridized carbons (Fsp3) is 0.854. The van der Waals surface area contributed by atoms with Crippen LogP contribution in [0, 0.1) is 5.92 Å². The molecule has 3 atom stereocenters. The van der Waals surface area contributed by atoms with Crippen molar-refractivity contribution in [1.82, 2.24) is 0 Å². The zero-order chi connectivity index (χ0) is 33.9. The van der Waals surface area contributed by atoms with Crippen LogP contribution in [0.4, 0.5) is 0 Å². The van der Waals surface area contributed by atoms with Crippen LogP contribution in [0.1, 0.15) is 200 Å². The van der Waals surface area contributed by atoms with Gasteiger partial charge in [-0.25, -0.2) is 0 Å². The van der Waals surface area contributed by atoms with Crippen LogP contribution in [0.2, 0.25) is 0 Å². The molecule has 0 spiro atoms. The number of rotatable bonds is 36. The molecule has 0 saturated heterocycles. The van der Waals surface area contributed by atoms with Crippen molar-refractivity contribution in [1.29, 1.82) is 0 Å². The molecule has 0 amide bonds. The van der Waals surface area contributed by atoms with Crippen LogP contribution < -0.4 is 0 Å². The second-order valence-electron chi connectivity index (χ2n) is 13.8. The third-order valence-electron chi connectivity index (χ3n) is 9.37. The normalized spacial score (nSPS) is 13.9. The largest absolute Gasteiger partial charge is 0.393 e. The molecule has 0 aliphatic carbocycles. The number of aliphatic hydroxyl groups excluding tert-OH is 3. The first-order valence-electron chi connectivity index (χ1n) is 19.8. The summed E-state index contributed by atoms with van der Waals surface area (Å²) in [5.74, 6) is -1.91. The Hall–Kier alpha value is -1.30. The molecule has 0 aliphatic heterocycles. The first-order valence-corrected chi connectivity index (χ1v) is 19.8. The quantitative estimate of drug-likeness (QED) is 0.0357. The molecule has 0 radical (unpaired) electrons. The van der Waals surface area contributed by atoms with Gasteiger partial charge in [0.05, 0.1) is 12.7 Å². The number of Topliss-reactive ketones (excluding diaryl/α,β-unsaturated/α-hetero) is 2. The Morgan fingerprint density at radius 2 is 0.913 bits per heavy atom. The van der Waals surface area contributed by atoms with Gasteiger partial charge in [0.1, 0.15) is 6.10 Å². The van der Waals surface area contributed by atoms with Gasteiger partial charge in [0.2, 0.25) is 11.6 Å². The van der Waals surface area contributed by atoms with Crippen molar-refractivity contribution >= 4 is 11.6 Å². The van der Waals surface area contributed by atoms with E-state index in [1.54, 1.807) is 0 Å². The molecule has 0 aromatic rings. The monoisotopic (exact) mass is 649 g/mol. The van der Waals surface area contributed by atoms with E-state index in [0.29, 0.717) is 12.8 Å². The Bertz CT molecular complexity index is 730. The van der Waals surface area contributed by atoms with Crippen molar-refractivity contribution in [3.63, 3.8) is 0 Å². The van der Waals surface area contributed by atoms with E-state index >= 15 is 0 Å². The van der Waals surface area contributed by atoms with Gasteiger partial charge in [0.15, 0.2) is 0 Å². The molecule has 3 unspecified atom stereocenters. The molecule has 0 aromatic heterocycles. The summed E-state index contributed by atoms with van der Waals surface area (Å²) in [6.45, 7) is 3.75. The highest BCUT2D eigenvalue weighted by Gasteiger charge is 2.28. The molecule has 5 nitrogen and oxygen atoms in total. The highest BCUT2D eigenvalue weighted by Crippen LogP contribution is 2.24. The number of ketones is 2. The lowest BCUT2D eigenvalue weighted by Crippen LogP contribution is -2.34. The molecule has 0 fully saturated rings. The first kappa shape index (κ1) is 44.7. The lowest BCUT2D eigenvalue weighted by molar-refractivity contribution is -0.143. The van der Waals surface area contributed by atoms with Crippen molar-refractivity contribution in [2.24, 2.45) is 5.92 Å². The minimum atomic E-state index is -1.66. The van der Waals surface area contributed by atoms with Gasteiger partial charge in [0, 0.05) is 6.42 Å². The number of hydrogen-bond acceptors (Lipinski definition) is 5. The molecule has 46 heavy (non-hydrogen) atoms. The number of unbranched alkanes of at least 4 members (excludes halogenated alkanes) is 22. The smallest absolute Gasteiger partial charge is 0.229 e. The Balaban J connectivity index is 4.15. The first-order chi connectivity index (χ1) is 22.5.